The van der Waals surface area contributed by atoms with Crippen LogP contribution in [0.3, 0.4) is 0 Å². The summed E-state index contributed by atoms with van der Waals surface area (Å²) in [6.07, 6.45) is 0. The van der Waals surface area contributed by atoms with Crippen molar-refractivity contribution in [3.8, 4) is 0 Å². The zero-order valence-corrected chi connectivity index (χ0v) is 10.0. The van der Waals surface area contributed by atoms with Gasteiger partial charge in [-0.15, -0.1) is 0 Å². The maximum atomic E-state index is 6.15. The van der Waals surface area contributed by atoms with Crippen molar-refractivity contribution in [2.75, 3.05) is 0 Å². The Morgan fingerprint density at radius 3 is 1.50 bits per heavy atom. The number of halogens is 2. The van der Waals surface area contributed by atoms with Crippen LogP contribution >= 0.6 is 23.2 Å². The average Bonchev–Trinajstić information content (AvgIpc) is 2.29. The van der Waals surface area contributed by atoms with Crippen LogP contribution in [0.5, 0.6) is 0 Å². The second-order valence-electron chi connectivity index (χ2n) is 3.52. The van der Waals surface area contributed by atoms with Crippen molar-refractivity contribution in [1.29, 1.82) is 0 Å². The van der Waals surface area contributed by atoms with E-state index in [0.717, 1.165) is 11.1 Å². The van der Waals surface area contributed by atoms with Crippen molar-refractivity contribution < 1.29 is 0 Å². The molecule has 0 unspecified atom stereocenters. The van der Waals surface area contributed by atoms with Crippen LogP contribution in [-0.4, -0.2) is 7.85 Å². The Balaban J connectivity index is 2.44. The maximum Gasteiger partial charge on any atom is 0.0829 e. The first kappa shape index (κ1) is 11.6. The van der Waals surface area contributed by atoms with E-state index in [-0.39, 0.29) is 5.82 Å². The highest BCUT2D eigenvalue weighted by molar-refractivity contribution is 6.34. The molecule has 2 rings (SSSR count). The lowest BCUT2D eigenvalue weighted by Gasteiger charge is -2.15. The van der Waals surface area contributed by atoms with Gasteiger partial charge in [-0.2, -0.15) is 0 Å². The smallest absolute Gasteiger partial charge is 0.0829 e. The zero-order chi connectivity index (χ0) is 11.5. The first-order valence-electron chi connectivity index (χ1n) is 4.94. The maximum absolute atomic E-state index is 6.15. The fourth-order valence-corrected chi connectivity index (χ4v) is 2.13. The van der Waals surface area contributed by atoms with Crippen LogP contribution in [0.15, 0.2) is 48.5 Å². The molecule has 0 saturated carbocycles. The Morgan fingerprint density at radius 2 is 1.12 bits per heavy atom. The van der Waals surface area contributed by atoms with E-state index in [4.69, 9.17) is 31.0 Å². The minimum Gasteiger partial charge on any atom is -0.0840 e. The molecule has 0 atom stereocenters. The molecular formula is C13H9BCl2. The van der Waals surface area contributed by atoms with Crippen LogP contribution in [0.2, 0.25) is 10.0 Å². The molecule has 2 aromatic rings. The number of benzene rings is 2. The molecule has 0 aliphatic rings. The minimum absolute atomic E-state index is 0.289. The summed E-state index contributed by atoms with van der Waals surface area (Å²) in [6.45, 7) is 0. The Labute approximate surface area is 107 Å². The fraction of sp³-hybridized carbons (Fsp3) is 0.0769. The third-order valence-corrected chi connectivity index (χ3v) is 3.17. The van der Waals surface area contributed by atoms with Crippen molar-refractivity contribution >= 4 is 31.0 Å². The lowest BCUT2D eigenvalue weighted by Crippen LogP contribution is -2.01. The summed E-state index contributed by atoms with van der Waals surface area (Å²) in [7, 11) is 6.15. The van der Waals surface area contributed by atoms with Crippen molar-refractivity contribution in [1.82, 2.24) is 0 Å². The number of rotatable bonds is 2. The summed E-state index contributed by atoms with van der Waals surface area (Å²) >= 11 is 12.2. The molecule has 0 aliphatic heterocycles. The van der Waals surface area contributed by atoms with E-state index in [1.54, 1.807) is 0 Å². The Bertz CT molecular complexity index is 451. The monoisotopic (exact) mass is 246 g/mol. The largest absolute Gasteiger partial charge is 0.0840 e. The summed E-state index contributed by atoms with van der Waals surface area (Å²) in [6, 6.07) is 15.1. The first-order chi connectivity index (χ1) is 7.70. The Kier molecular flexibility index (Phi) is 3.57. The summed E-state index contributed by atoms with van der Waals surface area (Å²) in [5.41, 5.74) is 1.77. The number of hydrogen-bond donors (Lipinski definition) is 0. The van der Waals surface area contributed by atoms with E-state index in [0.29, 0.717) is 10.0 Å². The van der Waals surface area contributed by atoms with Gasteiger partial charge in [-0.1, -0.05) is 59.6 Å². The van der Waals surface area contributed by atoms with E-state index in [9.17, 15) is 0 Å². The molecule has 0 nitrogen and oxygen atoms in total. The van der Waals surface area contributed by atoms with Crippen LogP contribution in [0, 0.1) is 0 Å². The molecule has 0 saturated heterocycles. The van der Waals surface area contributed by atoms with Gasteiger partial charge in [0.05, 0.1) is 7.85 Å². The van der Waals surface area contributed by atoms with Gasteiger partial charge in [-0.25, -0.2) is 0 Å². The van der Waals surface area contributed by atoms with E-state index >= 15 is 0 Å². The fourth-order valence-electron chi connectivity index (χ4n) is 1.62. The van der Waals surface area contributed by atoms with E-state index in [1.165, 1.54) is 0 Å². The standard InChI is InChI=1S/C13H9BCl2/c14-13(9-5-1-3-7-11(9)15)10-6-2-4-8-12(10)16/h1-8,13H. The second-order valence-corrected chi connectivity index (χ2v) is 4.34. The van der Waals surface area contributed by atoms with Gasteiger partial charge in [-0.3, -0.25) is 0 Å². The predicted molar refractivity (Wildman–Crippen MR) is 70.5 cm³/mol. The zero-order valence-electron chi connectivity index (χ0n) is 8.53. The molecule has 0 amide bonds. The van der Waals surface area contributed by atoms with Gasteiger partial charge >= 0.3 is 0 Å². The molecule has 0 spiro atoms. The molecule has 0 heterocycles. The van der Waals surface area contributed by atoms with Gasteiger partial charge in [0, 0.05) is 10.0 Å². The third-order valence-electron chi connectivity index (χ3n) is 2.48. The van der Waals surface area contributed by atoms with E-state index in [2.05, 4.69) is 0 Å². The highest BCUT2D eigenvalue weighted by Gasteiger charge is 2.13. The topological polar surface area (TPSA) is 0 Å². The van der Waals surface area contributed by atoms with Crippen molar-refractivity contribution in [2.45, 2.75) is 5.82 Å². The quantitative estimate of drug-likeness (QED) is 0.695. The summed E-state index contributed by atoms with van der Waals surface area (Å²) in [5, 5.41) is 1.32. The van der Waals surface area contributed by atoms with Crippen LogP contribution in [0.4, 0.5) is 0 Å². The molecule has 0 N–H and O–H groups in total. The lowest BCUT2D eigenvalue weighted by molar-refractivity contribution is 1.14. The Hall–Kier alpha value is -0.915. The summed E-state index contributed by atoms with van der Waals surface area (Å²) in [5.74, 6) is -0.289. The summed E-state index contributed by atoms with van der Waals surface area (Å²) in [4.78, 5) is 0. The van der Waals surface area contributed by atoms with Crippen LogP contribution < -0.4 is 0 Å². The SMILES string of the molecule is [B]C(c1ccccc1Cl)c1ccccc1Cl. The van der Waals surface area contributed by atoms with E-state index in [1.807, 2.05) is 48.5 Å². The van der Waals surface area contributed by atoms with Crippen molar-refractivity contribution in [2.24, 2.45) is 0 Å². The lowest BCUT2D eigenvalue weighted by atomic mass is 9.76. The van der Waals surface area contributed by atoms with Gasteiger partial charge in [0.2, 0.25) is 0 Å². The van der Waals surface area contributed by atoms with Crippen molar-refractivity contribution in [3.05, 3.63) is 69.7 Å². The highest BCUT2D eigenvalue weighted by atomic mass is 35.5. The normalized spacial score (nSPS) is 10.7. The molecule has 2 radical (unpaired) electrons. The minimum atomic E-state index is -0.289. The van der Waals surface area contributed by atoms with Gasteiger partial charge in [0.25, 0.3) is 0 Å². The molecule has 0 aliphatic carbocycles. The molecule has 0 bridgehead atoms. The second kappa shape index (κ2) is 4.94. The third kappa shape index (κ3) is 2.26. The summed E-state index contributed by atoms with van der Waals surface area (Å²) < 4.78 is 0. The van der Waals surface area contributed by atoms with Crippen LogP contribution in [-0.2, 0) is 0 Å². The highest BCUT2D eigenvalue weighted by Crippen LogP contribution is 2.31. The van der Waals surface area contributed by atoms with Gasteiger partial charge in [-0.05, 0) is 29.1 Å². The van der Waals surface area contributed by atoms with Gasteiger partial charge < -0.3 is 0 Å². The molecule has 3 heteroatoms. The number of hydrogen-bond acceptors (Lipinski definition) is 0. The Morgan fingerprint density at radius 1 is 0.750 bits per heavy atom. The molecular weight excluding hydrogens is 238 g/mol. The van der Waals surface area contributed by atoms with Crippen molar-refractivity contribution in [3.63, 3.8) is 0 Å². The van der Waals surface area contributed by atoms with Crippen LogP contribution in [0.1, 0.15) is 16.9 Å². The first-order valence-corrected chi connectivity index (χ1v) is 5.70. The van der Waals surface area contributed by atoms with Gasteiger partial charge in [0.15, 0.2) is 0 Å². The predicted octanol–water partition coefficient (Wildman–Crippen LogP) is 4.25. The molecule has 78 valence electrons. The van der Waals surface area contributed by atoms with Gasteiger partial charge in [0.1, 0.15) is 0 Å². The van der Waals surface area contributed by atoms with E-state index < -0.39 is 0 Å². The molecule has 16 heavy (non-hydrogen) atoms. The molecule has 0 fully saturated rings. The molecule has 2 aromatic carbocycles. The van der Waals surface area contributed by atoms with Crippen LogP contribution in [0.25, 0.3) is 0 Å². The average molecular weight is 247 g/mol. The molecule has 0 aromatic heterocycles.